The van der Waals surface area contributed by atoms with Crippen molar-refractivity contribution in [3.8, 4) is 5.75 Å². The highest BCUT2D eigenvalue weighted by Gasteiger charge is 2.34. The summed E-state index contributed by atoms with van der Waals surface area (Å²) in [6, 6.07) is 7.82. The lowest BCUT2D eigenvalue weighted by molar-refractivity contribution is -0.0127. The average Bonchev–Trinajstić information content (AvgIpc) is 2.34. The van der Waals surface area contributed by atoms with Crippen LogP contribution in [0.25, 0.3) is 0 Å². The van der Waals surface area contributed by atoms with E-state index >= 15 is 0 Å². The lowest BCUT2D eigenvalue weighted by Gasteiger charge is -2.36. The van der Waals surface area contributed by atoms with Gasteiger partial charge in [-0.15, -0.1) is 0 Å². The maximum atomic E-state index is 5.88. The van der Waals surface area contributed by atoms with Crippen LogP contribution in [0.3, 0.4) is 0 Å². The molecule has 1 aromatic carbocycles. The van der Waals surface area contributed by atoms with Crippen LogP contribution in [0.2, 0.25) is 0 Å². The number of nitrogens with two attached hydrogens (primary N) is 1. The largest absolute Gasteiger partial charge is 0.491 e. The minimum Gasteiger partial charge on any atom is -0.491 e. The van der Waals surface area contributed by atoms with Gasteiger partial charge < -0.3 is 9.47 Å². The summed E-state index contributed by atoms with van der Waals surface area (Å²) < 4.78 is 11.6. The van der Waals surface area contributed by atoms with Crippen molar-refractivity contribution >= 4 is 0 Å². The second-order valence-electron chi connectivity index (χ2n) is 6.37. The van der Waals surface area contributed by atoms with Crippen LogP contribution >= 0.6 is 0 Å². The summed E-state index contributed by atoms with van der Waals surface area (Å²) in [5, 5.41) is 0. The van der Waals surface area contributed by atoms with E-state index in [0.29, 0.717) is 0 Å². The molecule has 0 heterocycles. The van der Waals surface area contributed by atoms with Gasteiger partial charge in [-0.1, -0.05) is 39.0 Å². The topological polar surface area (TPSA) is 56.5 Å². The zero-order chi connectivity index (χ0) is 15.3. The zero-order valence-corrected chi connectivity index (χ0v) is 13.4. The fraction of sp³-hybridized carbons (Fsp3) is 0.625. The van der Waals surface area contributed by atoms with Gasteiger partial charge in [-0.2, -0.15) is 0 Å². The average molecular weight is 280 g/mol. The number of nitrogens with one attached hydrogen (secondary N) is 1. The normalized spacial score (nSPS) is 15.2. The number of hydrogen-bond acceptors (Lipinski definition) is 4. The van der Waals surface area contributed by atoms with E-state index in [-0.39, 0.29) is 23.7 Å². The highest BCUT2D eigenvalue weighted by atomic mass is 16.5. The van der Waals surface area contributed by atoms with Crippen molar-refractivity contribution in [3.63, 3.8) is 0 Å². The van der Waals surface area contributed by atoms with Crippen molar-refractivity contribution in [3.05, 3.63) is 29.8 Å². The minimum atomic E-state index is -0.130. The van der Waals surface area contributed by atoms with Crippen LogP contribution in [0.15, 0.2) is 24.3 Å². The van der Waals surface area contributed by atoms with Gasteiger partial charge in [0.15, 0.2) is 0 Å². The van der Waals surface area contributed by atoms with E-state index in [2.05, 4.69) is 26.2 Å². The standard InChI is InChI=1S/C16H28N2O2/c1-11(2)20-13-10-8-7-9-12(13)14(18-17)15(19-6)16(3,4)5/h7-11,14-15,18H,17H2,1-6H3. The number of rotatable bonds is 6. The van der Waals surface area contributed by atoms with Crippen molar-refractivity contribution < 1.29 is 9.47 Å². The first-order chi connectivity index (χ1) is 9.31. The van der Waals surface area contributed by atoms with E-state index in [9.17, 15) is 0 Å². The number of ether oxygens (including phenoxy) is 2. The molecule has 1 aromatic rings. The molecule has 20 heavy (non-hydrogen) atoms. The minimum absolute atomic E-state index is 0.0449. The van der Waals surface area contributed by atoms with Crippen molar-refractivity contribution in [2.24, 2.45) is 11.3 Å². The number of para-hydroxylation sites is 1. The number of hydrazine groups is 1. The molecule has 0 fully saturated rings. The molecule has 2 unspecified atom stereocenters. The molecule has 0 aliphatic carbocycles. The van der Waals surface area contributed by atoms with Gasteiger partial charge in [0.1, 0.15) is 5.75 Å². The molecule has 2 atom stereocenters. The van der Waals surface area contributed by atoms with Crippen molar-refractivity contribution in [1.82, 2.24) is 5.43 Å². The van der Waals surface area contributed by atoms with E-state index in [1.807, 2.05) is 38.1 Å². The Morgan fingerprint density at radius 3 is 2.20 bits per heavy atom. The van der Waals surface area contributed by atoms with Crippen molar-refractivity contribution in [2.45, 2.75) is 52.9 Å². The van der Waals surface area contributed by atoms with Gasteiger partial charge in [0.25, 0.3) is 0 Å². The maximum absolute atomic E-state index is 5.88. The Morgan fingerprint density at radius 2 is 1.75 bits per heavy atom. The highest BCUT2D eigenvalue weighted by Crippen LogP contribution is 2.36. The summed E-state index contributed by atoms with van der Waals surface area (Å²) in [6.45, 7) is 10.4. The summed E-state index contributed by atoms with van der Waals surface area (Å²) in [6.07, 6.45) is 0.0506. The third-order valence-electron chi connectivity index (χ3n) is 3.21. The van der Waals surface area contributed by atoms with Crippen LogP contribution in [0.1, 0.15) is 46.2 Å². The molecule has 0 aromatic heterocycles. The molecule has 0 aliphatic rings. The van der Waals surface area contributed by atoms with Crippen molar-refractivity contribution in [2.75, 3.05) is 7.11 Å². The lowest BCUT2D eigenvalue weighted by Crippen LogP contribution is -2.44. The SMILES string of the molecule is COC(C(NN)c1ccccc1OC(C)C)C(C)(C)C. The molecule has 0 saturated heterocycles. The number of methoxy groups -OCH3 is 1. The summed E-state index contributed by atoms with van der Waals surface area (Å²) in [5.41, 5.74) is 3.86. The highest BCUT2D eigenvalue weighted by molar-refractivity contribution is 5.37. The Bertz CT molecular complexity index is 413. The van der Waals surface area contributed by atoms with Gasteiger partial charge in [0.05, 0.1) is 18.2 Å². The molecule has 0 saturated carbocycles. The van der Waals surface area contributed by atoms with Gasteiger partial charge in [-0.25, -0.2) is 0 Å². The smallest absolute Gasteiger partial charge is 0.124 e. The molecule has 114 valence electrons. The summed E-state index contributed by atoms with van der Waals surface area (Å²) >= 11 is 0. The lowest BCUT2D eigenvalue weighted by atomic mass is 9.82. The fourth-order valence-electron chi connectivity index (χ4n) is 2.43. The van der Waals surface area contributed by atoms with Crippen LogP contribution in [0.4, 0.5) is 0 Å². The Kier molecular flexibility index (Phi) is 5.99. The molecule has 1 rings (SSSR count). The predicted molar refractivity (Wildman–Crippen MR) is 82.5 cm³/mol. The Morgan fingerprint density at radius 1 is 1.15 bits per heavy atom. The molecular weight excluding hydrogens is 252 g/mol. The van der Waals surface area contributed by atoms with E-state index in [4.69, 9.17) is 15.3 Å². The second kappa shape index (κ2) is 7.07. The summed E-state index contributed by atoms with van der Waals surface area (Å²) in [7, 11) is 1.71. The zero-order valence-electron chi connectivity index (χ0n) is 13.4. The number of hydrogen-bond donors (Lipinski definition) is 2. The van der Waals surface area contributed by atoms with Crippen LogP contribution in [0.5, 0.6) is 5.75 Å². The summed E-state index contributed by atoms with van der Waals surface area (Å²) in [4.78, 5) is 0. The second-order valence-corrected chi connectivity index (χ2v) is 6.37. The molecule has 4 nitrogen and oxygen atoms in total. The van der Waals surface area contributed by atoms with Crippen LogP contribution in [-0.4, -0.2) is 19.3 Å². The van der Waals surface area contributed by atoms with Crippen LogP contribution in [-0.2, 0) is 4.74 Å². The summed E-state index contributed by atoms with van der Waals surface area (Å²) in [5.74, 6) is 6.64. The number of benzene rings is 1. The third kappa shape index (κ3) is 4.20. The van der Waals surface area contributed by atoms with Crippen LogP contribution < -0.4 is 16.0 Å². The maximum Gasteiger partial charge on any atom is 0.124 e. The van der Waals surface area contributed by atoms with E-state index in [1.54, 1.807) is 7.11 Å². The fourth-order valence-corrected chi connectivity index (χ4v) is 2.43. The van der Waals surface area contributed by atoms with E-state index < -0.39 is 0 Å². The first-order valence-corrected chi connectivity index (χ1v) is 7.05. The molecule has 0 bridgehead atoms. The molecule has 0 amide bonds. The molecule has 3 N–H and O–H groups in total. The Balaban J connectivity index is 3.17. The van der Waals surface area contributed by atoms with E-state index in [1.165, 1.54) is 0 Å². The molecule has 0 spiro atoms. The van der Waals surface area contributed by atoms with Crippen molar-refractivity contribution in [1.29, 1.82) is 0 Å². The quantitative estimate of drug-likeness (QED) is 0.621. The molecule has 4 heteroatoms. The predicted octanol–water partition coefficient (Wildman–Crippen LogP) is 3.04. The van der Waals surface area contributed by atoms with Gasteiger partial charge in [0, 0.05) is 12.7 Å². The molecule has 0 radical (unpaired) electrons. The molecule has 0 aliphatic heterocycles. The first kappa shape index (κ1) is 17.0. The monoisotopic (exact) mass is 280 g/mol. The van der Waals surface area contributed by atoms with Gasteiger partial charge in [0.2, 0.25) is 0 Å². The van der Waals surface area contributed by atoms with Gasteiger partial charge >= 0.3 is 0 Å². The Hall–Kier alpha value is -1.10. The van der Waals surface area contributed by atoms with E-state index in [0.717, 1.165) is 11.3 Å². The molecular formula is C16H28N2O2. The Labute approximate surface area is 122 Å². The third-order valence-corrected chi connectivity index (χ3v) is 3.21. The van der Waals surface area contributed by atoms with Gasteiger partial charge in [-0.05, 0) is 25.3 Å². The van der Waals surface area contributed by atoms with Gasteiger partial charge in [-0.3, -0.25) is 11.3 Å². The van der Waals surface area contributed by atoms with Crippen LogP contribution in [0, 0.1) is 5.41 Å². The first-order valence-electron chi connectivity index (χ1n) is 7.05.